The summed E-state index contributed by atoms with van der Waals surface area (Å²) in [6, 6.07) is 11.5. The minimum atomic E-state index is -1.22. The zero-order chi connectivity index (χ0) is 25.0. The first-order chi connectivity index (χ1) is 17.3. The molecule has 2 aromatic heterocycles. The van der Waals surface area contributed by atoms with Gasteiger partial charge in [-0.05, 0) is 54.8 Å². The number of rotatable bonds is 3. The fourth-order valence-corrected chi connectivity index (χ4v) is 5.88. The van der Waals surface area contributed by atoms with Gasteiger partial charge in [0.25, 0.3) is 5.91 Å². The van der Waals surface area contributed by atoms with Gasteiger partial charge in [0.05, 0.1) is 5.60 Å². The summed E-state index contributed by atoms with van der Waals surface area (Å²) in [5.41, 5.74) is 2.64. The topological polar surface area (TPSA) is 78.5 Å². The number of carbonyl (C=O) groups is 1. The minimum Gasteiger partial charge on any atom is -0.479 e. The van der Waals surface area contributed by atoms with Crippen LogP contribution in [0.15, 0.2) is 54.9 Å². The summed E-state index contributed by atoms with van der Waals surface area (Å²) in [5, 5.41) is 12.9. The van der Waals surface area contributed by atoms with Crippen LogP contribution in [-0.4, -0.2) is 45.1 Å². The highest BCUT2D eigenvalue weighted by molar-refractivity contribution is 6.31. The van der Waals surface area contributed by atoms with Crippen LogP contribution < -0.4 is 4.74 Å². The molecule has 1 fully saturated rings. The van der Waals surface area contributed by atoms with E-state index in [0.717, 1.165) is 27.7 Å². The predicted molar refractivity (Wildman–Crippen MR) is 136 cm³/mol. The van der Waals surface area contributed by atoms with E-state index in [1.165, 1.54) is 18.2 Å². The Balaban J connectivity index is 1.22. The van der Waals surface area contributed by atoms with Crippen LogP contribution in [-0.2, 0) is 16.8 Å². The minimum absolute atomic E-state index is 0.137. The van der Waals surface area contributed by atoms with Gasteiger partial charge in [-0.3, -0.25) is 4.79 Å². The highest BCUT2D eigenvalue weighted by Gasteiger charge is 2.40. The summed E-state index contributed by atoms with van der Waals surface area (Å²) in [6.45, 7) is 0.669. The number of aromatic nitrogens is 2. The van der Waals surface area contributed by atoms with Crippen LogP contribution in [0.3, 0.4) is 0 Å². The molecular weight excluding hydrogens is 504 g/mol. The van der Waals surface area contributed by atoms with Gasteiger partial charge in [0.1, 0.15) is 17.2 Å². The van der Waals surface area contributed by atoms with Crippen molar-refractivity contribution in [2.24, 2.45) is 0 Å². The molecule has 6 rings (SSSR count). The number of hydrogen-bond donors (Lipinski definition) is 2. The smallest absolute Gasteiger partial charge is 0.263 e. The third kappa shape index (κ3) is 3.92. The Morgan fingerprint density at radius 1 is 1.14 bits per heavy atom. The van der Waals surface area contributed by atoms with Crippen molar-refractivity contribution in [2.45, 2.75) is 31.0 Å². The molecule has 2 N–H and O–H groups in total. The molecule has 0 spiro atoms. The van der Waals surface area contributed by atoms with Crippen LogP contribution in [0.4, 0.5) is 4.39 Å². The van der Waals surface area contributed by atoms with Crippen LogP contribution in [0.1, 0.15) is 24.0 Å². The van der Waals surface area contributed by atoms with Crippen LogP contribution in [0.5, 0.6) is 5.75 Å². The Labute approximate surface area is 216 Å². The van der Waals surface area contributed by atoms with E-state index in [1.54, 1.807) is 11.1 Å². The van der Waals surface area contributed by atoms with Crippen molar-refractivity contribution in [3.05, 3.63) is 81.8 Å². The fraction of sp³-hybridized carbons (Fsp3) is 0.259. The average Bonchev–Trinajstić information content (AvgIpc) is 3.50. The van der Waals surface area contributed by atoms with Crippen molar-refractivity contribution in [3.8, 4) is 16.9 Å². The lowest BCUT2D eigenvalue weighted by atomic mass is 9.84. The second-order valence-electron chi connectivity index (χ2n) is 9.33. The molecule has 0 bridgehead atoms. The molecule has 36 heavy (non-hydrogen) atoms. The molecular formula is C27H22Cl2FN3O3. The lowest BCUT2D eigenvalue weighted by Gasteiger charge is -2.39. The maximum absolute atomic E-state index is 13.5. The molecule has 6 nitrogen and oxygen atoms in total. The molecule has 1 amide bonds. The molecule has 4 aromatic rings. The largest absolute Gasteiger partial charge is 0.479 e. The molecule has 0 saturated carbocycles. The van der Waals surface area contributed by atoms with Crippen molar-refractivity contribution >= 4 is 40.1 Å². The molecule has 1 saturated heterocycles. The monoisotopic (exact) mass is 525 g/mol. The molecule has 1 atom stereocenters. The molecule has 0 unspecified atom stereocenters. The Morgan fingerprint density at radius 3 is 2.72 bits per heavy atom. The lowest BCUT2D eigenvalue weighted by Crippen LogP contribution is -2.49. The molecule has 4 heterocycles. The van der Waals surface area contributed by atoms with E-state index in [0.29, 0.717) is 48.7 Å². The summed E-state index contributed by atoms with van der Waals surface area (Å²) in [4.78, 5) is 22.6. The Bertz CT molecular complexity index is 1500. The molecule has 0 radical (unpaired) electrons. The molecule has 9 heteroatoms. The van der Waals surface area contributed by atoms with E-state index in [2.05, 4.69) is 9.97 Å². The first kappa shape index (κ1) is 23.3. The number of aromatic amines is 1. The lowest BCUT2D eigenvalue weighted by molar-refractivity contribution is -0.142. The number of halogens is 3. The number of piperidine rings is 1. The van der Waals surface area contributed by atoms with Gasteiger partial charge in [0.15, 0.2) is 6.10 Å². The van der Waals surface area contributed by atoms with Crippen LogP contribution >= 0.6 is 23.2 Å². The van der Waals surface area contributed by atoms with Crippen LogP contribution in [0, 0.1) is 5.82 Å². The van der Waals surface area contributed by atoms with Gasteiger partial charge in [0.2, 0.25) is 0 Å². The maximum Gasteiger partial charge on any atom is 0.263 e. The number of likely N-dealkylation sites (tertiary alicyclic amines) is 1. The number of hydrogen-bond acceptors (Lipinski definition) is 4. The van der Waals surface area contributed by atoms with Crippen molar-refractivity contribution in [1.29, 1.82) is 0 Å². The van der Waals surface area contributed by atoms with Crippen molar-refractivity contribution in [3.63, 3.8) is 0 Å². The number of H-pyrrole nitrogens is 1. The fourth-order valence-electron chi connectivity index (χ4n) is 5.29. The van der Waals surface area contributed by atoms with Gasteiger partial charge >= 0.3 is 0 Å². The van der Waals surface area contributed by atoms with Gasteiger partial charge in [-0.1, -0.05) is 29.3 Å². The first-order valence-corrected chi connectivity index (χ1v) is 12.5. The van der Waals surface area contributed by atoms with E-state index in [4.69, 9.17) is 27.9 Å². The van der Waals surface area contributed by atoms with Crippen LogP contribution in [0.25, 0.3) is 22.2 Å². The normalized spacial score (nSPS) is 18.8. The van der Waals surface area contributed by atoms with E-state index in [1.807, 2.05) is 30.5 Å². The number of benzene rings is 2. The Hall–Kier alpha value is -3.13. The third-order valence-electron chi connectivity index (χ3n) is 7.16. The van der Waals surface area contributed by atoms with E-state index in [9.17, 15) is 14.3 Å². The summed E-state index contributed by atoms with van der Waals surface area (Å²) < 4.78 is 19.7. The highest BCUT2D eigenvalue weighted by atomic mass is 35.5. The molecule has 184 valence electrons. The second kappa shape index (κ2) is 8.76. The number of ether oxygens (including phenoxy) is 1. The summed E-state index contributed by atoms with van der Waals surface area (Å²) in [5.74, 6) is 0.0569. The van der Waals surface area contributed by atoms with Crippen molar-refractivity contribution in [2.75, 3.05) is 13.1 Å². The molecule has 2 aromatic carbocycles. The second-order valence-corrected chi connectivity index (χ2v) is 10.2. The number of aliphatic hydroxyl groups is 1. The number of amides is 1. The average molecular weight is 526 g/mol. The molecule has 2 aliphatic rings. The first-order valence-electron chi connectivity index (χ1n) is 11.7. The third-order valence-corrected chi connectivity index (χ3v) is 7.69. The van der Waals surface area contributed by atoms with E-state index in [-0.39, 0.29) is 10.9 Å². The van der Waals surface area contributed by atoms with E-state index >= 15 is 0 Å². The Kier molecular flexibility index (Phi) is 5.67. The maximum atomic E-state index is 13.5. The zero-order valence-corrected chi connectivity index (χ0v) is 20.6. The SMILES string of the molecule is O=C([C@H]1Cc2cc(Cl)cc(-c3ccnc4[nH]ccc34)c2O1)N1CCC(O)(c2ccc(F)cc2Cl)CC1. The summed E-state index contributed by atoms with van der Waals surface area (Å²) >= 11 is 12.7. The number of pyridine rings is 1. The number of nitrogens with zero attached hydrogens (tertiary/aromatic N) is 2. The van der Waals surface area contributed by atoms with Gasteiger partial charge in [0, 0.05) is 64.0 Å². The number of nitrogens with one attached hydrogen (secondary N) is 1. The highest BCUT2D eigenvalue weighted by Crippen LogP contribution is 2.44. The number of carbonyl (C=O) groups excluding carboxylic acids is 1. The van der Waals surface area contributed by atoms with E-state index < -0.39 is 17.5 Å². The van der Waals surface area contributed by atoms with Crippen molar-refractivity contribution in [1.82, 2.24) is 14.9 Å². The zero-order valence-electron chi connectivity index (χ0n) is 19.1. The molecule has 0 aliphatic carbocycles. The number of fused-ring (bicyclic) bond motifs is 2. The van der Waals surface area contributed by atoms with Crippen LogP contribution in [0.2, 0.25) is 10.0 Å². The van der Waals surface area contributed by atoms with Gasteiger partial charge in [-0.25, -0.2) is 9.37 Å². The van der Waals surface area contributed by atoms with Gasteiger partial charge in [-0.2, -0.15) is 0 Å². The van der Waals surface area contributed by atoms with Crippen molar-refractivity contribution < 1.29 is 19.0 Å². The standard InChI is InChI=1S/C27H22Cl2FN3O3/c28-16-11-15-12-23(36-24(15)20(13-16)18-3-7-31-25-19(18)4-8-32-25)26(34)33-9-5-27(35,6-10-33)21-2-1-17(30)14-22(21)29/h1-4,7-8,11,13-14,23,35H,5-6,9-10,12H2,(H,31,32)/t23-/m1/s1. The summed E-state index contributed by atoms with van der Waals surface area (Å²) in [7, 11) is 0. The van der Waals surface area contributed by atoms with Gasteiger partial charge < -0.3 is 19.7 Å². The predicted octanol–water partition coefficient (Wildman–Crippen LogP) is 5.49. The Morgan fingerprint density at radius 2 is 1.94 bits per heavy atom. The molecule has 2 aliphatic heterocycles. The quantitative estimate of drug-likeness (QED) is 0.370. The van der Waals surface area contributed by atoms with Gasteiger partial charge in [-0.15, -0.1) is 0 Å². The summed E-state index contributed by atoms with van der Waals surface area (Å²) in [6.07, 6.45) is 3.87.